The van der Waals surface area contributed by atoms with E-state index >= 15 is 0 Å². The number of alkyl carbamates (subject to hydrolysis) is 2. The molecule has 17 heteroatoms. The Balaban J connectivity index is 2.88. The fourth-order valence-corrected chi connectivity index (χ4v) is 5.01. The van der Waals surface area contributed by atoms with Crippen LogP contribution in [0.5, 0.6) is 5.75 Å². The standard InChI is InChI=1S/C42H73N7O10/c1-39(2,3)56-35(51)46-32(19-14-16-25-45-34(47-36(52)57-40(4,5)6)48-37(53)58-41(7,8)9)33(50)44-26-17-27-49(38(54)59-42(10,11)12)28-29-55-31-22-20-30(21-23-31)18-13-15-24-43/h20-23,32H,13-19,24-29,43H2,1-12H3,(H,44,50)(H,46,51)(H2,45,47,48,52,53)/t32-/m0/s1. The lowest BCUT2D eigenvalue weighted by Gasteiger charge is -2.27. The van der Waals surface area contributed by atoms with E-state index in [9.17, 15) is 24.0 Å². The first-order valence-electron chi connectivity index (χ1n) is 20.5. The summed E-state index contributed by atoms with van der Waals surface area (Å²) in [6, 6.07) is 6.92. The van der Waals surface area contributed by atoms with Crippen molar-refractivity contribution in [2.75, 3.05) is 39.3 Å². The molecule has 0 radical (unpaired) electrons. The van der Waals surface area contributed by atoms with Crippen molar-refractivity contribution in [1.82, 2.24) is 26.2 Å². The zero-order valence-electron chi connectivity index (χ0n) is 37.6. The van der Waals surface area contributed by atoms with Crippen molar-refractivity contribution in [2.24, 2.45) is 10.7 Å². The highest BCUT2D eigenvalue weighted by Gasteiger charge is 2.26. The molecule has 0 saturated carbocycles. The van der Waals surface area contributed by atoms with E-state index in [1.165, 1.54) is 5.56 Å². The number of benzene rings is 1. The summed E-state index contributed by atoms with van der Waals surface area (Å²) in [4.78, 5) is 69.5. The van der Waals surface area contributed by atoms with Gasteiger partial charge in [-0.05, 0) is 152 Å². The maximum Gasteiger partial charge on any atom is 0.437 e. The summed E-state index contributed by atoms with van der Waals surface area (Å²) in [5, 5.41) is 10.9. The van der Waals surface area contributed by atoms with E-state index in [-0.39, 0.29) is 45.2 Å². The Morgan fingerprint density at radius 1 is 0.678 bits per heavy atom. The number of aryl methyl sites for hydroxylation is 1. The van der Waals surface area contributed by atoms with E-state index in [4.69, 9.17) is 29.4 Å². The Kier molecular flexibility index (Phi) is 22.1. The molecule has 0 fully saturated rings. The molecular weight excluding hydrogens is 763 g/mol. The Bertz CT molecular complexity index is 1490. The molecule has 336 valence electrons. The molecule has 0 aromatic heterocycles. The molecule has 5 amide bonds. The second-order valence-electron chi connectivity index (χ2n) is 18.0. The number of nitrogens with two attached hydrogens (primary N) is 1. The second kappa shape index (κ2) is 25.0. The molecule has 0 spiro atoms. The SMILES string of the molecule is CC(C)(C)OC(=O)/N=C(\NCCCC[C@H](NC(=O)OC(C)(C)C)C(=O)NCCCN(CCOc1ccc(CCCCN)cc1)C(=O)OC(C)(C)C)NC(=O)OC(C)(C)C. The summed E-state index contributed by atoms with van der Waals surface area (Å²) in [5.41, 5.74) is 3.71. The first-order valence-corrected chi connectivity index (χ1v) is 20.5. The number of carbonyl (C=O) groups excluding carboxylic acids is 5. The van der Waals surface area contributed by atoms with E-state index in [1.54, 1.807) is 88.0 Å². The van der Waals surface area contributed by atoms with Crippen LogP contribution in [-0.2, 0) is 30.2 Å². The maximum atomic E-state index is 13.4. The van der Waals surface area contributed by atoms with Crippen molar-refractivity contribution in [2.45, 2.75) is 156 Å². The van der Waals surface area contributed by atoms with Crippen LogP contribution < -0.4 is 31.7 Å². The predicted octanol–water partition coefficient (Wildman–Crippen LogP) is 6.56. The molecule has 0 aliphatic heterocycles. The van der Waals surface area contributed by atoms with Gasteiger partial charge in [-0.3, -0.25) is 10.1 Å². The molecule has 6 N–H and O–H groups in total. The number of aliphatic imine (C=N–C) groups is 1. The van der Waals surface area contributed by atoms with Crippen LogP contribution in [0.15, 0.2) is 29.3 Å². The van der Waals surface area contributed by atoms with Crippen LogP contribution in [0.25, 0.3) is 0 Å². The van der Waals surface area contributed by atoms with Crippen LogP contribution in [0, 0.1) is 0 Å². The van der Waals surface area contributed by atoms with Gasteiger partial charge in [0.15, 0.2) is 0 Å². The van der Waals surface area contributed by atoms with Crippen molar-refractivity contribution < 1.29 is 47.7 Å². The van der Waals surface area contributed by atoms with Crippen LogP contribution in [0.1, 0.15) is 127 Å². The Labute approximate surface area is 351 Å². The van der Waals surface area contributed by atoms with Crippen molar-refractivity contribution in [1.29, 1.82) is 0 Å². The van der Waals surface area contributed by atoms with Gasteiger partial charge in [0, 0.05) is 19.6 Å². The molecule has 0 bridgehead atoms. The van der Waals surface area contributed by atoms with Crippen molar-refractivity contribution in [3.63, 3.8) is 0 Å². The molecule has 17 nitrogen and oxygen atoms in total. The number of carbonyl (C=O) groups is 5. The number of guanidine groups is 1. The van der Waals surface area contributed by atoms with E-state index < -0.39 is 58.7 Å². The lowest BCUT2D eigenvalue weighted by atomic mass is 10.1. The zero-order valence-corrected chi connectivity index (χ0v) is 37.6. The summed E-state index contributed by atoms with van der Waals surface area (Å²) in [6.07, 6.45) is 1.50. The lowest BCUT2D eigenvalue weighted by Crippen LogP contribution is -2.48. The van der Waals surface area contributed by atoms with Crippen LogP contribution >= 0.6 is 0 Å². The Morgan fingerprint density at radius 2 is 1.25 bits per heavy atom. The molecule has 1 atom stereocenters. The van der Waals surface area contributed by atoms with Crippen LogP contribution in [-0.4, -0.2) is 109 Å². The lowest BCUT2D eigenvalue weighted by molar-refractivity contribution is -0.123. The Morgan fingerprint density at radius 3 is 1.83 bits per heavy atom. The number of amides is 5. The third kappa shape index (κ3) is 27.5. The fraction of sp³-hybridized carbons (Fsp3) is 0.714. The maximum absolute atomic E-state index is 13.4. The number of nitrogens with one attached hydrogen (secondary N) is 4. The summed E-state index contributed by atoms with van der Waals surface area (Å²) in [7, 11) is 0. The van der Waals surface area contributed by atoms with Crippen LogP contribution in [0.2, 0.25) is 0 Å². The fourth-order valence-electron chi connectivity index (χ4n) is 5.01. The van der Waals surface area contributed by atoms with Gasteiger partial charge in [0.2, 0.25) is 11.9 Å². The topological polar surface area (TPSA) is 221 Å². The van der Waals surface area contributed by atoms with Crippen LogP contribution in [0.4, 0.5) is 19.2 Å². The van der Waals surface area contributed by atoms with Gasteiger partial charge in [-0.15, -0.1) is 4.99 Å². The molecule has 0 aliphatic rings. The van der Waals surface area contributed by atoms with Gasteiger partial charge in [0.05, 0.1) is 6.54 Å². The first kappa shape index (κ1) is 52.2. The monoisotopic (exact) mass is 836 g/mol. The number of hydrogen-bond donors (Lipinski definition) is 5. The molecule has 0 saturated heterocycles. The number of hydrogen-bond acceptors (Lipinski definition) is 11. The number of rotatable bonds is 19. The highest BCUT2D eigenvalue weighted by molar-refractivity contribution is 5.98. The number of ether oxygens (including phenoxy) is 5. The quantitative estimate of drug-likeness (QED) is 0.0433. The third-order valence-electron chi connectivity index (χ3n) is 7.46. The average Bonchev–Trinajstić information content (AvgIpc) is 3.05. The molecule has 1 aromatic carbocycles. The van der Waals surface area contributed by atoms with Crippen molar-refractivity contribution in [3.8, 4) is 5.75 Å². The molecule has 0 unspecified atom stereocenters. The zero-order chi connectivity index (χ0) is 44.9. The summed E-state index contributed by atoms with van der Waals surface area (Å²) in [6.45, 7) is 22.6. The highest BCUT2D eigenvalue weighted by atomic mass is 16.6. The molecule has 59 heavy (non-hydrogen) atoms. The van der Waals surface area contributed by atoms with Gasteiger partial charge in [-0.1, -0.05) is 12.1 Å². The molecule has 0 aliphatic carbocycles. The van der Waals surface area contributed by atoms with Crippen LogP contribution in [0.3, 0.4) is 0 Å². The smallest absolute Gasteiger partial charge is 0.437 e. The minimum Gasteiger partial charge on any atom is -0.492 e. The minimum atomic E-state index is -0.943. The van der Waals surface area contributed by atoms with E-state index in [0.717, 1.165) is 19.3 Å². The molecule has 1 rings (SSSR count). The van der Waals surface area contributed by atoms with Gasteiger partial charge in [-0.25, -0.2) is 19.2 Å². The van der Waals surface area contributed by atoms with Crippen molar-refractivity contribution >= 4 is 36.2 Å². The van der Waals surface area contributed by atoms with Crippen molar-refractivity contribution in [3.05, 3.63) is 29.8 Å². The highest BCUT2D eigenvalue weighted by Crippen LogP contribution is 2.16. The normalized spacial score (nSPS) is 12.7. The summed E-state index contributed by atoms with van der Waals surface area (Å²) in [5.74, 6) is 0.0985. The average molecular weight is 836 g/mol. The molecular formula is C42H73N7O10. The molecule has 0 heterocycles. The molecule has 1 aromatic rings. The van der Waals surface area contributed by atoms with E-state index in [0.29, 0.717) is 31.6 Å². The van der Waals surface area contributed by atoms with Gasteiger partial charge < -0.3 is 50.3 Å². The number of nitrogens with zero attached hydrogens (tertiary/aromatic N) is 2. The van der Waals surface area contributed by atoms with Gasteiger partial charge >= 0.3 is 24.4 Å². The summed E-state index contributed by atoms with van der Waals surface area (Å²) >= 11 is 0. The minimum absolute atomic E-state index is 0.162. The van der Waals surface area contributed by atoms with Gasteiger partial charge in [-0.2, -0.15) is 0 Å². The van der Waals surface area contributed by atoms with Gasteiger partial charge in [0.1, 0.15) is 40.8 Å². The Hall–Kier alpha value is -4.80. The second-order valence-corrected chi connectivity index (χ2v) is 18.0. The van der Waals surface area contributed by atoms with E-state index in [1.807, 2.05) is 24.3 Å². The van der Waals surface area contributed by atoms with Gasteiger partial charge in [0.25, 0.3) is 0 Å². The summed E-state index contributed by atoms with van der Waals surface area (Å²) < 4.78 is 27.5. The van der Waals surface area contributed by atoms with E-state index in [2.05, 4.69) is 26.3 Å². The number of unbranched alkanes of at least 4 members (excludes halogenated alkanes) is 2. The third-order valence-corrected chi connectivity index (χ3v) is 7.46. The first-order chi connectivity index (χ1) is 27.2. The largest absolute Gasteiger partial charge is 0.492 e. The predicted molar refractivity (Wildman–Crippen MR) is 227 cm³/mol.